The van der Waals surface area contributed by atoms with E-state index in [-0.39, 0.29) is 0 Å². The van der Waals surface area contributed by atoms with Crippen molar-refractivity contribution in [2.24, 2.45) is 0 Å². The molecule has 1 aromatic carbocycles. The van der Waals surface area contributed by atoms with E-state index in [1.807, 2.05) is 24.6 Å². The first-order valence-corrected chi connectivity index (χ1v) is 8.12. The second kappa shape index (κ2) is 5.85. The van der Waals surface area contributed by atoms with Gasteiger partial charge in [-0.05, 0) is 58.4 Å². The Balaban J connectivity index is 1.89. The van der Waals surface area contributed by atoms with Crippen LogP contribution in [-0.4, -0.2) is 25.6 Å². The van der Waals surface area contributed by atoms with Crippen molar-refractivity contribution >= 4 is 10.9 Å². The third kappa shape index (κ3) is 2.91. The van der Waals surface area contributed by atoms with Crippen molar-refractivity contribution in [3.63, 3.8) is 0 Å². The molecule has 0 unspecified atom stereocenters. The maximum Gasteiger partial charge on any atom is 0.0914 e. The van der Waals surface area contributed by atoms with Crippen LogP contribution in [0.1, 0.15) is 28.2 Å². The first kappa shape index (κ1) is 15.8. The number of fused-ring (bicyclic) bond motifs is 1. The van der Waals surface area contributed by atoms with Crippen molar-refractivity contribution in [2.75, 3.05) is 0 Å². The Morgan fingerprint density at radius 3 is 2.43 bits per heavy atom. The van der Waals surface area contributed by atoms with Crippen LogP contribution in [0.3, 0.4) is 0 Å². The molecule has 0 aliphatic rings. The van der Waals surface area contributed by atoms with Gasteiger partial charge in [-0.25, -0.2) is 0 Å². The molecule has 23 heavy (non-hydrogen) atoms. The number of aliphatic hydroxyl groups is 1. The van der Waals surface area contributed by atoms with Gasteiger partial charge in [0, 0.05) is 22.3 Å². The number of benzene rings is 1. The summed E-state index contributed by atoms with van der Waals surface area (Å²) in [5.41, 5.74) is 7.05. The second-order valence-electron chi connectivity index (χ2n) is 6.60. The lowest BCUT2D eigenvalue weighted by Crippen LogP contribution is -2.24. The zero-order valence-corrected chi connectivity index (χ0v) is 14.6. The van der Waals surface area contributed by atoms with Gasteiger partial charge < -0.3 is 9.67 Å². The Morgan fingerprint density at radius 1 is 1.04 bits per heavy atom. The van der Waals surface area contributed by atoms with Crippen LogP contribution in [0.5, 0.6) is 0 Å². The molecule has 3 aromatic rings. The van der Waals surface area contributed by atoms with E-state index in [4.69, 9.17) is 0 Å². The Bertz CT molecular complexity index is 857. The van der Waals surface area contributed by atoms with E-state index < -0.39 is 6.10 Å². The summed E-state index contributed by atoms with van der Waals surface area (Å²) in [6, 6.07) is 8.54. The highest BCUT2D eigenvalue weighted by molar-refractivity contribution is 5.85. The van der Waals surface area contributed by atoms with Gasteiger partial charge in [-0.2, -0.15) is 5.10 Å². The van der Waals surface area contributed by atoms with Crippen LogP contribution < -0.4 is 0 Å². The Morgan fingerprint density at radius 2 is 1.78 bits per heavy atom. The number of rotatable bonds is 4. The number of aryl methyl sites for hydroxylation is 4. The van der Waals surface area contributed by atoms with Crippen LogP contribution in [0.15, 0.2) is 24.3 Å². The minimum atomic E-state index is -0.469. The van der Waals surface area contributed by atoms with Gasteiger partial charge in [-0.1, -0.05) is 11.6 Å². The standard InChI is InChI=1S/C19H25N3O/c1-12-6-7-19-18(8-12)15(4)16(5)21(19)10-17(23)11-22-14(3)9-13(2)20-22/h6-9,17,23H,10-11H2,1-5H3/t17-/m0/s1. The molecule has 1 N–H and O–H groups in total. The van der Waals surface area contributed by atoms with Crippen molar-refractivity contribution in [1.29, 1.82) is 0 Å². The number of hydrogen-bond acceptors (Lipinski definition) is 2. The maximum absolute atomic E-state index is 10.6. The van der Waals surface area contributed by atoms with Crippen LogP contribution in [0.25, 0.3) is 10.9 Å². The topological polar surface area (TPSA) is 43.0 Å². The summed E-state index contributed by atoms with van der Waals surface area (Å²) in [6.45, 7) is 11.5. The molecule has 4 heteroatoms. The average molecular weight is 311 g/mol. The largest absolute Gasteiger partial charge is 0.389 e. The molecule has 2 heterocycles. The zero-order chi connectivity index (χ0) is 16.7. The lowest BCUT2D eigenvalue weighted by Gasteiger charge is -2.16. The number of hydrogen-bond donors (Lipinski definition) is 1. The minimum Gasteiger partial charge on any atom is -0.389 e. The van der Waals surface area contributed by atoms with Gasteiger partial charge in [-0.3, -0.25) is 4.68 Å². The Hall–Kier alpha value is -2.07. The summed E-state index contributed by atoms with van der Waals surface area (Å²) in [7, 11) is 0. The van der Waals surface area contributed by atoms with Gasteiger partial charge in [0.15, 0.2) is 0 Å². The fraction of sp³-hybridized carbons (Fsp3) is 0.421. The molecule has 3 rings (SSSR count). The van der Waals surface area contributed by atoms with Crippen LogP contribution in [0.2, 0.25) is 0 Å². The summed E-state index contributed by atoms with van der Waals surface area (Å²) in [5, 5.41) is 16.3. The molecule has 0 saturated carbocycles. The van der Waals surface area contributed by atoms with Crippen molar-refractivity contribution in [3.8, 4) is 0 Å². The van der Waals surface area contributed by atoms with E-state index in [1.54, 1.807) is 0 Å². The molecular weight excluding hydrogens is 286 g/mol. The number of aromatic nitrogens is 3. The highest BCUT2D eigenvalue weighted by Gasteiger charge is 2.15. The molecule has 0 bridgehead atoms. The summed E-state index contributed by atoms with van der Waals surface area (Å²) in [4.78, 5) is 0. The fourth-order valence-corrected chi connectivity index (χ4v) is 3.33. The Labute approximate surface area is 137 Å². The van der Waals surface area contributed by atoms with Gasteiger partial charge in [0.05, 0.1) is 24.9 Å². The quantitative estimate of drug-likeness (QED) is 0.802. The van der Waals surface area contributed by atoms with Crippen molar-refractivity contribution < 1.29 is 5.11 Å². The van der Waals surface area contributed by atoms with Gasteiger partial charge in [0.25, 0.3) is 0 Å². The normalized spacial score (nSPS) is 13.0. The van der Waals surface area contributed by atoms with Crippen LogP contribution >= 0.6 is 0 Å². The monoisotopic (exact) mass is 311 g/mol. The molecule has 2 aromatic heterocycles. The highest BCUT2D eigenvalue weighted by atomic mass is 16.3. The minimum absolute atomic E-state index is 0.469. The predicted molar refractivity (Wildman–Crippen MR) is 93.9 cm³/mol. The van der Waals surface area contributed by atoms with Crippen LogP contribution in [0.4, 0.5) is 0 Å². The van der Waals surface area contributed by atoms with E-state index in [0.717, 1.165) is 11.4 Å². The first-order chi connectivity index (χ1) is 10.9. The highest BCUT2D eigenvalue weighted by Crippen LogP contribution is 2.26. The number of aliphatic hydroxyl groups excluding tert-OH is 1. The molecule has 0 aliphatic heterocycles. The SMILES string of the molecule is Cc1ccc2c(c1)c(C)c(C)n2C[C@H](O)Cn1nc(C)cc1C. The van der Waals surface area contributed by atoms with Gasteiger partial charge in [0.1, 0.15) is 0 Å². The lowest BCUT2D eigenvalue weighted by molar-refractivity contribution is 0.130. The molecule has 0 spiro atoms. The van der Waals surface area contributed by atoms with E-state index >= 15 is 0 Å². The van der Waals surface area contributed by atoms with Crippen molar-refractivity contribution in [3.05, 3.63) is 52.5 Å². The van der Waals surface area contributed by atoms with Crippen molar-refractivity contribution in [1.82, 2.24) is 14.3 Å². The summed E-state index contributed by atoms with van der Waals surface area (Å²) in [6.07, 6.45) is -0.469. The molecular formula is C19H25N3O. The molecule has 0 radical (unpaired) electrons. The molecule has 4 nitrogen and oxygen atoms in total. The Kier molecular flexibility index (Phi) is 4.02. The van der Waals surface area contributed by atoms with E-state index in [0.29, 0.717) is 13.1 Å². The molecule has 122 valence electrons. The molecule has 0 aliphatic carbocycles. The number of nitrogens with zero attached hydrogens (tertiary/aromatic N) is 3. The van der Waals surface area contributed by atoms with Gasteiger partial charge >= 0.3 is 0 Å². The van der Waals surface area contributed by atoms with Crippen molar-refractivity contribution in [2.45, 2.75) is 53.8 Å². The summed E-state index contributed by atoms with van der Waals surface area (Å²) < 4.78 is 4.11. The zero-order valence-electron chi connectivity index (χ0n) is 14.6. The van der Waals surface area contributed by atoms with E-state index in [2.05, 4.69) is 48.6 Å². The maximum atomic E-state index is 10.6. The average Bonchev–Trinajstić information content (AvgIpc) is 2.91. The van der Waals surface area contributed by atoms with Gasteiger partial charge in [-0.15, -0.1) is 0 Å². The van der Waals surface area contributed by atoms with E-state index in [9.17, 15) is 5.11 Å². The molecule has 0 amide bonds. The molecule has 1 atom stereocenters. The van der Waals surface area contributed by atoms with Crippen LogP contribution in [0, 0.1) is 34.6 Å². The summed E-state index contributed by atoms with van der Waals surface area (Å²) >= 11 is 0. The molecule has 0 fully saturated rings. The van der Waals surface area contributed by atoms with Crippen LogP contribution in [-0.2, 0) is 13.1 Å². The fourth-order valence-electron chi connectivity index (χ4n) is 3.33. The van der Waals surface area contributed by atoms with Gasteiger partial charge in [0.2, 0.25) is 0 Å². The molecule has 0 saturated heterocycles. The second-order valence-corrected chi connectivity index (χ2v) is 6.60. The van der Waals surface area contributed by atoms with E-state index in [1.165, 1.54) is 27.7 Å². The third-order valence-corrected chi connectivity index (χ3v) is 4.67. The smallest absolute Gasteiger partial charge is 0.0914 e. The third-order valence-electron chi connectivity index (χ3n) is 4.67. The summed E-state index contributed by atoms with van der Waals surface area (Å²) in [5.74, 6) is 0. The lowest BCUT2D eigenvalue weighted by atomic mass is 10.1. The first-order valence-electron chi connectivity index (χ1n) is 8.12. The predicted octanol–water partition coefficient (Wildman–Crippen LogP) is 3.44.